The van der Waals surface area contributed by atoms with E-state index in [0.717, 1.165) is 6.42 Å². The third kappa shape index (κ3) is 3.41. The standard InChI is InChI=1S/C15H20OSi/c1-17(2,3)16-15(14-11-7-8-12-14)13-9-5-4-6-10-13/h4-7,9-12,15H,8H2,1-3H3. The molecule has 0 bridgehead atoms. The Morgan fingerprint density at radius 3 is 2.35 bits per heavy atom. The molecule has 0 heterocycles. The highest BCUT2D eigenvalue weighted by Crippen LogP contribution is 2.32. The molecule has 0 saturated heterocycles. The van der Waals surface area contributed by atoms with Gasteiger partial charge in [-0.1, -0.05) is 48.6 Å². The Bertz CT molecular complexity index is 426. The van der Waals surface area contributed by atoms with Gasteiger partial charge in [0.05, 0.1) is 6.10 Å². The van der Waals surface area contributed by atoms with Crippen LogP contribution in [-0.4, -0.2) is 8.32 Å². The number of allylic oxidation sites excluding steroid dienone is 2. The summed E-state index contributed by atoms with van der Waals surface area (Å²) in [6, 6.07) is 10.5. The topological polar surface area (TPSA) is 9.23 Å². The van der Waals surface area contributed by atoms with Crippen LogP contribution in [0.1, 0.15) is 18.1 Å². The molecule has 0 spiro atoms. The first-order chi connectivity index (χ1) is 8.06. The lowest BCUT2D eigenvalue weighted by Crippen LogP contribution is -2.28. The third-order valence-corrected chi connectivity index (χ3v) is 3.62. The highest BCUT2D eigenvalue weighted by atomic mass is 28.4. The molecule has 1 aromatic rings. The van der Waals surface area contributed by atoms with E-state index in [9.17, 15) is 0 Å². The van der Waals surface area contributed by atoms with Gasteiger partial charge in [0.1, 0.15) is 0 Å². The van der Waals surface area contributed by atoms with Gasteiger partial charge in [-0.25, -0.2) is 0 Å². The van der Waals surface area contributed by atoms with Gasteiger partial charge in [0.2, 0.25) is 0 Å². The Hall–Kier alpha value is -1.12. The van der Waals surface area contributed by atoms with Gasteiger partial charge in [0, 0.05) is 0 Å². The first kappa shape index (κ1) is 12.3. The molecular formula is C15H20OSi. The van der Waals surface area contributed by atoms with Gasteiger partial charge in [-0.3, -0.25) is 0 Å². The summed E-state index contributed by atoms with van der Waals surface area (Å²) in [5, 5.41) is 0. The summed E-state index contributed by atoms with van der Waals surface area (Å²) in [4.78, 5) is 0. The summed E-state index contributed by atoms with van der Waals surface area (Å²) in [7, 11) is -1.55. The molecule has 0 aliphatic heterocycles. The van der Waals surface area contributed by atoms with Crippen molar-refractivity contribution in [3.05, 3.63) is 59.7 Å². The van der Waals surface area contributed by atoms with Crippen molar-refractivity contribution < 1.29 is 4.43 Å². The highest BCUT2D eigenvalue weighted by molar-refractivity contribution is 6.69. The van der Waals surface area contributed by atoms with Gasteiger partial charge < -0.3 is 4.43 Å². The second-order valence-electron chi connectivity index (χ2n) is 5.36. The van der Waals surface area contributed by atoms with E-state index in [1.807, 2.05) is 6.07 Å². The molecule has 2 rings (SSSR count). The van der Waals surface area contributed by atoms with Crippen molar-refractivity contribution in [1.29, 1.82) is 0 Å². The van der Waals surface area contributed by atoms with Crippen LogP contribution in [-0.2, 0) is 4.43 Å². The van der Waals surface area contributed by atoms with Crippen LogP contribution in [0.25, 0.3) is 0 Å². The Kier molecular flexibility index (Phi) is 3.65. The van der Waals surface area contributed by atoms with E-state index in [-0.39, 0.29) is 6.10 Å². The number of benzene rings is 1. The lowest BCUT2D eigenvalue weighted by Gasteiger charge is -2.27. The van der Waals surface area contributed by atoms with Crippen molar-refractivity contribution in [2.24, 2.45) is 0 Å². The van der Waals surface area contributed by atoms with Gasteiger partial charge in [0.15, 0.2) is 8.32 Å². The smallest absolute Gasteiger partial charge is 0.185 e. The number of rotatable bonds is 4. The maximum Gasteiger partial charge on any atom is 0.185 e. The normalized spacial score (nSPS) is 17.0. The third-order valence-electron chi connectivity index (χ3n) is 2.68. The fourth-order valence-corrected chi connectivity index (χ4v) is 2.96. The maximum absolute atomic E-state index is 6.33. The minimum atomic E-state index is -1.55. The summed E-state index contributed by atoms with van der Waals surface area (Å²) in [6.07, 6.45) is 7.80. The maximum atomic E-state index is 6.33. The van der Waals surface area contributed by atoms with Crippen molar-refractivity contribution in [2.45, 2.75) is 32.2 Å². The van der Waals surface area contributed by atoms with Crippen LogP contribution in [0.4, 0.5) is 0 Å². The number of hydrogen-bond donors (Lipinski definition) is 0. The molecule has 90 valence electrons. The molecule has 0 aromatic heterocycles. The summed E-state index contributed by atoms with van der Waals surface area (Å²) in [6.45, 7) is 6.71. The van der Waals surface area contributed by atoms with E-state index in [1.54, 1.807) is 0 Å². The van der Waals surface area contributed by atoms with Crippen LogP contribution in [0.2, 0.25) is 19.6 Å². The largest absolute Gasteiger partial charge is 0.407 e. The van der Waals surface area contributed by atoms with Crippen molar-refractivity contribution >= 4 is 8.32 Å². The van der Waals surface area contributed by atoms with Crippen molar-refractivity contribution in [2.75, 3.05) is 0 Å². The summed E-state index contributed by atoms with van der Waals surface area (Å²) >= 11 is 0. The van der Waals surface area contributed by atoms with Crippen LogP contribution in [0.15, 0.2) is 54.1 Å². The first-order valence-corrected chi connectivity index (χ1v) is 9.56. The molecule has 0 radical (unpaired) electrons. The fraction of sp³-hybridized carbons (Fsp3) is 0.333. The molecule has 0 saturated carbocycles. The van der Waals surface area contributed by atoms with E-state index >= 15 is 0 Å². The summed E-state index contributed by atoms with van der Waals surface area (Å²) < 4.78 is 6.33. The average Bonchev–Trinajstić information content (AvgIpc) is 2.79. The quantitative estimate of drug-likeness (QED) is 0.710. The monoisotopic (exact) mass is 244 g/mol. The zero-order chi connectivity index (χ0) is 12.3. The molecule has 0 N–H and O–H groups in total. The number of hydrogen-bond acceptors (Lipinski definition) is 1. The summed E-state index contributed by atoms with van der Waals surface area (Å²) in [5.41, 5.74) is 2.56. The lowest BCUT2D eigenvalue weighted by atomic mass is 10.0. The molecular weight excluding hydrogens is 224 g/mol. The van der Waals surface area contributed by atoms with Gasteiger partial charge >= 0.3 is 0 Å². The zero-order valence-electron chi connectivity index (χ0n) is 10.8. The summed E-state index contributed by atoms with van der Waals surface area (Å²) in [5.74, 6) is 0. The molecule has 2 heteroatoms. The molecule has 17 heavy (non-hydrogen) atoms. The van der Waals surface area contributed by atoms with Crippen LogP contribution >= 0.6 is 0 Å². The minimum Gasteiger partial charge on any atom is -0.407 e. The van der Waals surface area contributed by atoms with Crippen LogP contribution in [0.3, 0.4) is 0 Å². The SMILES string of the molecule is C[Si](C)(C)OC(C1=CCC=C1)c1ccccc1. The van der Waals surface area contributed by atoms with E-state index in [1.165, 1.54) is 11.1 Å². The Labute approximate surface area is 105 Å². The van der Waals surface area contributed by atoms with Gasteiger partial charge in [-0.2, -0.15) is 0 Å². The first-order valence-electron chi connectivity index (χ1n) is 6.16. The molecule has 1 atom stereocenters. The molecule has 0 fully saturated rings. The van der Waals surface area contributed by atoms with E-state index in [2.05, 4.69) is 62.1 Å². The van der Waals surface area contributed by atoms with Gasteiger partial charge in [0.25, 0.3) is 0 Å². The lowest BCUT2D eigenvalue weighted by molar-refractivity contribution is 0.239. The minimum absolute atomic E-state index is 0.113. The predicted molar refractivity (Wildman–Crippen MR) is 75.5 cm³/mol. The Morgan fingerprint density at radius 1 is 1.12 bits per heavy atom. The van der Waals surface area contributed by atoms with E-state index < -0.39 is 8.32 Å². The average molecular weight is 244 g/mol. The molecule has 1 aliphatic rings. The molecule has 1 nitrogen and oxygen atoms in total. The fourth-order valence-electron chi connectivity index (χ4n) is 1.98. The second-order valence-corrected chi connectivity index (χ2v) is 9.82. The van der Waals surface area contributed by atoms with E-state index in [0.29, 0.717) is 0 Å². The Morgan fingerprint density at radius 2 is 1.82 bits per heavy atom. The molecule has 1 aromatic carbocycles. The predicted octanol–water partition coefficient (Wildman–Crippen LogP) is 4.47. The van der Waals surface area contributed by atoms with Gasteiger partial charge in [-0.15, -0.1) is 0 Å². The molecule has 1 aliphatic carbocycles. The van der Waals surface area contributed by atoms with Crippen LogP contribution in [0.5, 0.6) is 0 Å². The van der Waals surface area contributed by atoms with E-state index in [4.69, 9.17) is 4.43 Å². The van der Waals surface area contributed by atoms with Crippen LogP contribution in [0, 0.1) is 0 Å². The van der Waals surface area contributed by atoms with Crippen molar-refractivity contribution in [3.8, 4) is 0 Å². The second kappa shape index (κ2) is 5.03. The Balaban J connectivity index is 2.28. The van der Waals surface area contributed by atoms with Gasteiger partial charge in [-0.05, 0) is 37.2 Å². The van der Waals surface area contributed by atoms with Crippen LogP contribution < -0.4 is 0 Å². The molecule has 1 unspecified atom stereocenters. The zero-order valence-corrected chi connectivity index (χ0v) is 11.8. The van der Waals surface area contributed by atoms with Crippen molar-refractivity contribution in [3.63, 3.8) is 0 Å². The highest BCUT2D eigenvalue weighted by Gasteiger charge is 2.24. The molecule has 0 amide bonds. The van der Waals surface area contributed by atoms with Crippen molar-refractivity contribution in [1.82, 2.24) is 0 Å².